The predicted octanol–water partition coefficient (Wildman–Crippen LogP) is 1.59. The molecule has 2 unspecified atom stereocenters. The van der Waals surface area contributed by atoms with E-state index in [9.17, 15) is 18.0 Å². The van der Waals surface area contributed by atoms with E-state index < -0.39 is 15.6 Å². The quantitative estimate of drug-likeness (QED) is 0.711. The molecule has 2 heterocycles. The average Bonchev–Trinajstić information content (AvgIpc) is 2.96. The van der Waals surface area contributed by atoms with Gasteiger partial charge in [0.05, 0.1) is 12.4 Å². The second-order valence-corrected chi connectivity index (χ2v) is 10.7. The standard InChI is InChI=1S/C21H30N4O4S/c1-17-7-5-6-10-21(17)19(26)25(20(27)22-21)16-23-11-13-24(14-12-23)30(28,29)15-18-8-3-2-4-9-18/h2-4,8-9,17H,5-7,10-16H2,1H3,(H,22,27). The van der Waals surface area contributed by atoms with Gasteiger partial charge in [-0.05, 0) is 24.3 Å². The fraction of sp³-hybridized carbons (Fsp3) is 0.619. The van der Waals surface area contributed by atoms with E-state index in [-0.39, 0.29) is 30.3 Å². The number of imide groups is 1. The average molecular weight is 435 g/mol. The molecule has 1 saturated carbocycles. The Balaban J connectivity index is 1.35. The van der Waals surface area contributed by atoms with E-state index in [1.807, 2.05) is 42.2 Å². The van der Waals surface area contributed by atoms with Crippen LogP contribution in [-0.4, -0.2) is 72.8 Å². The van der Waals surface area contributed by atoms with Crippen LogP contribution in [0.5, 0.6) is 0 Å². The first-order chi connectivity index (χ1) is 14.3. The summed E-state index contributed by atoms with van der Waals surface area (Å²) in [4.78, 5) is 29.0. The Morgan fingerprint density at radius 1 is 1.07 bits per heavy atom. The summed E-state index contributed by atoms with van der Waals surface area (Å²) in [6, 6.07) is 8.83. The van der Waals surface area contributed by atoms with E-state index in [1.54, 1.807) is 0 Å². The molecule has 3 fully saturated rings. The van der Waals surface area contributed by atoms with Gasteiger partial charge in [0.1, 0.15) is 5.54 Å². The minimum atomic E-state index is -3.39. The highest BCUT2D eigenvalue weighted by molar-refractivity contribution is 7.88. The summed E-state index contributed by atoms with van der Waals surface area (Å²) in [5, 5.41) is 2.97. The predicted molar refractivity (Wildman–Crippen MR) is 113 cm³/mol. The molecule has 2 aliphatic heterocycles. The van der Waals surface area contributed by atoms with Gasteiger partial charge in [0.2, 0.25) is 10.0 Å². The van der Waals surface area contributed by atoms with Crippen molar-refractivity contribution in [2.75, 3.05) is 32.8 Å². The lowest BCUT2D eigenvalue weighted by Gasteiger charge is -2.38. The van der Waals surface area contributed by atoms with Crippen LogP contribution in [0.15, 0.2) is 30.3 Å². The van der Waals surface area contributed by atoms with E-state index in [4.69, 9.17) is 0 Å². The number of carbonyl (C=O) groups is 2. The molecule has 3 aliphatic rings. The van der Waals surface area contributed by atoms with Gasteiger partial charge in [-0.15, -0.1) is 0 Å². The van der Waals surface area contributed by atoms with Crippen molar-refractivity contribution in [2.45, 2.75) is 43.9 Å². The molecule has 30 heavy (non-hydrogen) atoms. The summed E-state index contributed by atoms with van der Waals surface area (Å²) in [5.74, 6) is -0.00661. The Morgan fingerprint density at radius 3 is 2.43 bits per heavy atom. The number of hydrogen-bond donors (Lipinski definition) is 1. The normalized spacial score (nSPS) is 28.8. The van der Waals surface area contributed by atoms with Crippen LogP contribution in [0, 0.1) is 5.92 Å². The summed E-state index contributed by atoms with van der Waals surface area (Å²) < 4.78 is 27.0. The maximum absolute atomic E-state index is 13.1. The minimum absolute atomic E-state index is 0.0126. The van der Waals surface area contributed by atoms with Gasteiger partial charge in [-0.1, -0.05) is 50.1 Å². The van der Waals surface area contributed by atoms with E-state index in [2.05, 4.69) is 5.32 Å². The van der Waals surface area contributed by atoms with Crippen molar-refractivity contribution in [1.82, 2.24) is 19.4 Å². The van der Waals surface area contributed by atoms with Crippen LogP contribution in [0.3, 0.4) is 0 Å². The lowest BCUT2D eigenvalue weighted by atomic mass is 9.73. The molecule has 1 aromatic rings. The number of amides is 3. The largest absolute Gasteiger partial charge is 0.326 e. The number of carbonyl (C=O) groups excluding carboxylic acids is 2. The maximum Gasteiger partial charge on any atom is 0.326 e. The van der Waals surface area contributed by atoms with Crippen LogP contribution < -0.4 is 5.32 Å². The van der Waals surface area contributed by atoms with Gasteiger partial charge < -0.3 is 5.32 Å². The Bertz CT molecular complexity index is 899. The SMILES string of the molecule is CC1CCCCC12NC(=O)N(CN1CCN(S(=O)(=O)Cc3ccccc3)CC1)C2=O. The molecule has 1 aromatic carbocycles. The first-order valence-corrected chi connectivity index (χ1v) is 12.3. The van der Waals surface area contributed by atoms with Crippen molar-refractivity contribution in [3.8, 4) is 0 Å². The summed E-state index contributed by atoms with van der Waals surface area (Å²) in [5.41, 5.74) is 0.0158. The molecule has 2 atom stereocenters. The van der Waals surface area contributed by atoms with Crippen LogP contribution >= 0.6 is 0 Å². The third kappa shape index (κ3) is 3.98. The lowest BCUT2D eigenvalue weighted by Crippen LogP contribution is -2.55. The van der Waals surface area contributed by atoms with E-state index in [0.717, 1.165) is 24.8 Å². The van der Waals surface area contributed by atoms with Gasteiger partial charge in [0.25, 0.3) is 5.91 Å². The van der Waals surface area contributed by atoms with Crippen LogP contribution in [0.4, 0.5) is 4.79 Å². The fourth-order valence-corrected chi connectivity index (χ4v) is 6.36. The number of nitrogens with zero attached hydrogens (tertiary/aromatic N) is 3. The topological polar surface area (TPSA) is 90.0 Å². The highest BCUT2D eigenvalue weighted by Crippen LogP contribution is 2.38. The van der Waals surface area contributed by atoms with E-state index >= 15 is 0 Å². The Labute approximate surface area is 178 Å². The summed E-state index contributed by atoms with van der Waals surface area (Å²) in [6.45, 7) is 3.96. The smallest absolute Gasteiger partial charge is 0.323 e. The van der Waals surface area contributed by atoms with Crippen LogP contribution in [0.25, 0.3) is 0 Å². The molecule has 4 rings (SSSR count). The monoisotopic (exact) mass is 434 g/mol. The van der Waals surface area contributed by atoms with Crippen molar-refractivity contribution in [3.63, 3.8) is 0 Å². The molecule has 3 amide bonds. The Kier molecular flexibility index (Phi) is 5.87. The molecule has 1 N–H and O–H groups in total. The first kappa shape index (κ1) is 21.3. The van der Waals surface area contributed by atoms with Gasteiger partial charge in [-0.3, -0.25) is 9.69 Å². The van der Waals surface area contributed by atoms with Crippen molar-refractivity contribution in [1.29, 1.82) is 0 Å². The zero-order chi connectivity index (χ0) is 21.4. The molecule has 0 aromatic heterocycles. The van der Waals surface area contributed by atoms with Crippen LogP contribution in [0.1, 0.15) is 38.2 Å². The van der Waals surface area contributed by atoms with Crippen molar-refractivity contribution in [3.05, 3.63) is 35.9 Å². The zero-order valence-corrected chi connectivity index (χ0v) is 18.2. The van der Waals surface area contributed by atoms with Gasteiger partial charge in [0, 0.05) is 26.2 Å². The number of hydrogen-bond acceptors (Lipinski definition) is 5. The molecule has 2 saturated heterocycles. The molecule has 0 bridgehead atoms. The van der Waals surface area contributed by atoms with E-state index in [1.165, 1.54) is 9.21 Å². The zero-order valence-electron chi connectivity index (χ0n) is 17.4. The Hall–Kier alpha value is -1.97. The third-order valence-corrected chi connectivity index (χ3v) is 8.61. The van der Waals surface area contributed by atoms with Gasteiger partial charge >= 0.3 is 6.03 Å². The van der Waals surface area contributed by atoms with Gasteiger partial charge in [-0.25, -0.2) is 18.1 Å². The Morgan fingerprint density at radius 2 is 1.77 bits per heavy atom. The summed E-state index contributed by atoms with van der Waals surface area (Å²) >= 11 is 0. The molecule has 8 nitrogen and oxygen atoms in total. The highest BCUT2D eigenvalue weighted by atomic mass is 32.2. The number of benzene rings is 1. The number of urea groups is 1. The number of rotatable bonds is 5. The maximum atomic E-state index is 13.1. The number of nitrogens with one attached hydrogen (secondary N) is 1. The third-order valence-electron chi connectivity index (χ3n) is 6.76. The van der Waals surface area contributed by atoms with Crippen molar-refractivity contribution >= 4 is 22.0 Å². The number of sulfonamides is 1. The van der Waals surface area contributed by atoms with E-state index in [0.29, 0.717) is 32.6 Å². The van der Waals surface area contributed by atoms with Gasteiger partial charge in [0.15, 0.2) is 0 Å². The molecule has 1 spiro atoms. The van der Waals surface area contributed by atoms with Gasteiger partial charge in [-0.2, -0.15) is 4.31 Å². The summed E-state index contributed by atoms with van der Waals surface area (Å²) in [6.07, 6.45) is 3.67. The van der Waals surface area contributed by atoms with Crippen molar-refractivity contribution in [2.24, 2.45) is 5.92 Å². The summed E-state index contributed by atoms with van der Waals surface area (Å²) in [7, 11) is -3.39. The van der Waals surface area contributed by atoms with Crippen LogP contribution in [-0.2, 0) is 20.6 Å². The minimum Gasteiger partial charge on any atom is -0.323 e. The first-order valence-electron chi connectivity index (χ1n) is 10.7. The molecule has 164 valence electrons. The molecule has 0 radical (unpaired) electrons. The second-order valence-electron chi connectivity index (χ2n) is 8.68. The second kappa shape index (κ2) is 8.28. The molecular weight excluding hydrogens is 404 g/mol. The lowest BCUT2D eigenvalue weighted by molar-refractivity contribution is -0.135. The number of piperazine rings is 1. The molecule has 1 aliphatic carbocycles. The highest BCUT2D eigenvalue weighted by Gasteiger charge is 2.55. The van der Waals surface area contributed by atoms with Crippen LogP contribution in [0.2, 0.25) is 0 Å². The van der Waals surface area contributed by atoms with Crippen molar-refractivity contribution < 1.29 is 18.0 Å². The molecular formula is C21H30N4O4S. The fourth-order valence-electron chi connectivity index (χ4n) is 4.85. The molecule has 9 heteroatoms.